The zero-order valence-corrected chi connectivity index (χ0v) is 10.8. The third-order valence-corrected chi connectivity index (χ3v) is 2.77. The zero-order valence-electron chi connectivity index (χ0n) is 9.96. The summed E-state index contributed by atoms with van der Waals surface area (Å²) >= 11 is 0. The standard InChI is InChI=1S/C13H23N.ClH/c1-4-5-7-12-8-6-9-13(14-12)10-11(2)3;/h4,10,12-14H,1,5-9H2,2-3H3;1H. The highest BCUT2D eigenvalue weighted by Gasteiger charge is 2.18. The molecule has 0 aromatic rings. The lowest BCUT2D eigenvalue weighted by Gasteiger charge is -2.29. The first kappa shape index (κ1) is 14.7. The minimum absolute atomic E-state index is 0. The minimum Gasteiger partial charge on any atom is -0.308 e. The van der Waals surface area contributed by atoms with Crippen molar-refractivity contribution in [2.24, 2.45) is 0 Å². The predicted molar refractivity (Wildman–Crippen MR) is 70.7 cm³/mol. The van der Waals surface area contributed by atoms with Gasteiger partial charge in [0.1, 0.15) is 0 Å². The molecule has 0 aromatic carbocycles. The highest BCUT2D eigenvalue weighted by atomic mass is 35.5. The molecular formula is C13H24ClN. The molecule has 0 saturated carbocycles. The van der Waals surface area contributed by atoms with Crippen LogP contribution in [0.4, 0.5) is 0 Å². The molecule has 88 valence electrons. The molecule has 2 heteroatoms. The fourth-order valence-electron chi connectivity index (χ4n) is 2.13. The van der Waals surface area contributed by atoms with E-state index in [2.05, 4.69) is 31.8 Å². The van der Waals surface area contributed by atoms with Crippen molar-refractivity contribution >= 4 is 12.4 Å². The molecule has 0 spiro atoms. The monoisotopic (exact) mass is 229 g/mol. The molecule has 1 fully saturated rings. The van der Waals surface area contributed by atoms with Crippen molar-refractivity contribution in [3.8, 4) is 0 Å². The molecule has 0 radical (unpaired) electrons. The van der Waals surface area contributed by atoms with E-state index in [0.717, 1.165) is 6.42 Å². The molecule has 0 aliphatic carbocycles. The summed E-state index contributed by atoms with van der Waals surface area (Å²) in [4.78, 5) is 0. The summed E-state index contributed by atoms with van der Waals surface area (Å²) in [5, 5.41) is 3.70. The van der Waals surface area contributed by atoms with Gasteiger partial charge in [-0.2, -0.15) is 0 Å². The average molecular weight is 230 g/mol. The Morgan fingerprint density at radius 2 is 2.13 bits per heavy atom. The van der Waals surface area contributed by atoms with Gasteiger partial charge in [0, 0.05) is 12.1 Å². The van der Waals surface area contributed by atoms with E-state index in [-0.39, 0.29) is 12.4 Å². The maximum absolute atomic E-state index is 3.77. The van der Waals surface area contributed by atoms with Gasteiger partial charge >= 0.3 is 0 Å². The molecule has 0 aromatic heterocycles. The minimum atomic E-state index is 0. The summed E-state index contributed by atoms with van der Waals surface area (Å²) in [5.41, 5.74) is 1.42. The van der Waals surface area contributed by atoms with E-state index < -0.39 is 0 Å². The zero-order chi connectivity index (χ0) is 10.4. The van der Waals surface area contributed by atoms with Crippen LogP contribution in [0.15, 0.2) is 24.3 Å². The van der Waals surface area contributed by atoms with Crippen molar-refractivity contribution < 1.29 is 0 Å². The summed E-state index contributed by atoms with van der Waals surface area (Å²) in [5.74, 6) is 0. The Labute approximate surface area is 100 Å². The van der Waals surface area contributed by atoms with Crippen LogP contribution in [0.5, 0.6) is 0 Å². The van der Waals surface area contributed by atoms with Crippen LogP contribution in [0.2, 0.25) is 0 Å². The van der Waals surface area contributed by atoms with Crippen molar-refractivity contribution in [1.29, 1.82) is 0 Å². The van der Waals surface area contributed by atoms with Gasteiger partial charge in [0.2, 0.25) is 0 Å². The second-order valence-corrected chi connectivity index (χ2v) is 4.51. The molecule has 1 rings (SSSR count). The van der Waals surface area contributed by atoms with Gasteiger partial charge in [-0.05, 0) is 39.5 Å². The van der Waals surface area contributed by atoms with Crippen molar-refractivity contribution in [1.82, 2.24) is 5.32 Å². The van der Waals surface area contributed by atoms with E-state index in [1.807, 2.05) is 6.08 Å². The number of rotatable bonds is 4. The predicted octanol–water partition coefficient (Wildman–Crippen LogP) is 3.85. The topological polar surface area (TPSA) is 12.0 Å². The van der Waals surface area contributed by atoms with Gasteiger partial charge in [0.25, 0.3) is 0 Å². The van der Waals surface area contributed by atoms with Crippen LogP contribution in [0.3, 0.4) is 0 Å². The van der Waals surface area contributed by atoms with E-state index in [4.69, 9.17) is 0 Å². The van der Waals surface area contributed by atoms with E-state index in [1.165, 1.54) is 31.3 Å². The van der Waals surface area contributed by atoms with Crippen molar-refractivity contribution in [2.45, 2.75) is 58.0 Å². The molecule has 1 saturated heterocycles. The first-order chi connectivity index (χ1) is 6.72. The summed E-state index contributed by atoms with van der Waals surface area (Å²) in [6.45, 7) is 8.12. The van der Waals surface area contributed by atoms with Crippen molar-refractivity contribution in [3.05, 3.63) is 24.3 Å². The largest absolute Gasteiger partial charge is 0.308 e. The van der Waals surface area contributed by atoms with Crippen molar-refractivity contribution in [2.75, 3.05) is 0 Å². The Hall–Kier alpha value is -0.270. The van der Waals surface area contributed by atoms with Crippen LogP contribution in [0.25, 0.3) is 0 Å². The SMILES string of the molecule is C=CCCC1CCCC(C=C(C)C)N1.Cl. The van der Waals surface area contributed by atoms with Crippen LogP contribution in [0.1, 0.15) is 46.0 Å². The number of nitrogens with one attached hydrogen (secondary N) is 1. The summed E-state index contributed by atoms with van der Waals surface area (Å²) in [6.07, 6.45) is 10.8. The molecule has 15 heavy (non-hydrogen) atoms. The molecule has 2 unspecified atom stereocenters. The lowest BCUT2D eigenvalue weighted by Crippen LogP contribution is -2.41. The van der Waals surface area contributed by atoms with Crippen LogP contribution in [-0.2, 0) is 0 Å². The Morgan fingerprint density at radius 3 is 2.73 bits per heavy atom. The van der Waals surface area contributed by atoms with Gasteiger partial charge < -0.3 is 5.32 Å². The van der Waals surface area contributed by atoms with E-state index in [1.54, 1.807) is 0 Å². The Morgan fingerprint density at radius 1 is 1.40 bits per heavy atom. The summed E-state index contributed by atoms with van der Waals surface area (Å²) < 4.78 is 0. The fourth-order valence-corrected chi connectivity index (χ4v) is 2.13. The van der Waals surface area contributed by atoms with Gasteiger partial charge in [0.15, 0.2) is 0 Å². The molecule has 1 aliphatic rings. The van der Waals surface area contributed by atoms with Gasteiger partial charge in [0.05, 0.1) is 0 Å². The Bertz CT molecular complexity index is 207. The smallest absolute Gasteiger partial charge is 0.0255 e. The van der Waals surface area contributed by atoms with Crippen LogP contribution in [0, 0.1) is 0 Å². The van der Waals surface area contributed by atoms with Crippen molar-refractivity contribution in [3.63, 3.8) is 0 Å². The highest BCUT2D eigenvalue weighted by molar-refractivity contribution is 5.85. The van der Waals surface area contributed by atoms with Gasteiger partial charge in [-0.1, -0.05) is 24.1 Å². The van der Waals surface area contributed by atoms with Gasteiger partial charge in [-0.25, -0.2) is 0 Å². The first-order valence-electron chi connectivity index (χ1n) is 5.74. The Balaban J connectivity index is 0.00000196. The van der Waals surface area contributed by atoms with E-state index in [9.17, 15) is 0 Å². The second-order valence-electron chi connectivity index (χ2n) is 4.51. The van der Waals surface area contributed by atoms with Crippen LogP contribution < -0.4 is 5.32 Å². The maximum atomic E-state index is 3.77. The number of hydrogen-bond donors (Lipinski definition) is 1. The Kier molecular flexibility index (Phi) is 7.81. The number of allylic oxidation sites excluding steroid dienone is 2. The summed E-state index contributed by atoms with van der Waals surface area (Å²) in [6, 6.07) is 1.32. The molecule has 1 aliphatic heterocycles. The third kappa shape index (κ3) is 6.01. The number of halogens is 1. The quantitative estimate of drug-likeness (QED) is 0.723. The normalized spacial score (nSPS) is 25.2. The van der Waals surface area contributed by atoms with Gasteiger partial charge in [-0.15, -0.1) is 19.0 Å². The number of hydrogen-bond acceptors (Lipinski definition) is 1. The molecule has 0 bridgehead atoms. The average Bonchev–Trinajstić information content (AvgIpc) is 2.14. The molecule has 2 atom stereocenters. The molecule has 0 amide bonds. The molecule has 1 nitrogen and oxygen atoms in total. The van der Waals surface area contributed by atoms with Crippen LogP contribution >= 0.6 is 12.4 Å². The highest BCUT2D eigenvalue weighted by Crippen LogP contribution is 2.17. The molecular weight excluding hydrogens is 206 g/mol. The lowest BCUT2D eigenvalue weighted by atomic mass is 9.94. The number of piperidine rings is 1. The second kappa shape index (κ2) is 7.95. The maximum Gasteiger partial charge on any atom is 0.0255 e. The molecule has 1 heterocycles. The summed E-state index contributed by atoms with van der Waals surface area (Å²) in [7, 11) is 0. The van der Waals surface area contributed by atoms with Crippen LogP contribution in [-0.4, -0.2) is 12.1 Å². The van der Waals surface area contributed by atoms with E-state index >= 15 is 0 Å². The fraction of sp³-hybridized carbons (Fsp3) is 0.692. The lowest BCUT2D eigenvalue weighted by molar-refractivity contribution is 0.341. The third-order valence-electron chi connectivity index (χ3n) is 2.77. The van der Waals surface area contributed by atoms with Gasteiger partial charge in [-0.3, -0.25) is 0 Å². The first-order valence-corrected chi connectivity index (χ1v) is 5.74. The van der Waals surface area contributed by atoms with E-state index in [0.29, 0.717) is 12.1 Å². The molecule has 1 N–H and O–H groups in total.